The van der Waals surface area contributed by atoms with Crippen molar-refractivity contribution in [2.75, 3.05) is 13.7 Å². The Bertz CT molecular complexity index is 575. The van der Waals surface area contributed by atoms with Gasteiger partial charge >= 0.3 is 0 Å². The van der Waals surface area contributed by atoms with Gasteiger partial charge in [-0.05, 0) is 36.6 Å². The second kappa shape index (κ2) is 6.09. The van der Waals surface area contributed by atoms with Gasteiger partial charge in [0.1, 0.15) is 5.75 Å². The molecule has 0 amide bonds. The lowest BCUT2D eigenvalue weighted by atomic mass is 9.93. The van der Waals surface area contributed by atoms with Crippen LogP contribution in [0.4, 0.5) is 0 Å². The molecule has 4 heteroatoms. The molecule has 0 aliphatic carbocycles. The fourth-order valence-electron chi connectivity index (χ4n) is 2.54. The zero-order chi connectivity index (χ0) is 14.7. The van der Waals surface area contributed by atoms with Crippen LogP contribution in [0.5, 0.6) is 5.75 Å². The van der Waals surface area contributed by atoms with Crippen molar-refractivity contribution in [3.63, 3.8) is 0 Å². The molecule has 0 aliphatic heterocycles. The fraction of sp³-hybridized carbons (Fsp3) is 0.438. The van der Waals surface area contributed by atoms with Gasteiger partial charge in [-0.25, -0.2) is 4.98 Å². The molecule has 0 saturated carbocycles. The van der Waals surface area contributed by atoms with Gasteiger partial charge in [-0.2, -0.15) is 0 Å². The van der Waals surface area contributed by atoms with Crippen LogP contribution in [0.15, 0.2) is 30.7 Å². The smallest absolute Gasteiger partial charge is 0.121 e. The van der Waals surface area contributed by atoms with Crippen LogP contribution in [0, 0.1) is 12.8 Å². The second-order valence-electron chi connectivity index (χ2n) is 5.43. The Hall–Kier alpha value is -1.81. The van der Waals surface area contributed by atoms with Gasteiger partial charge in [-0.15, -0.1) is 0 Å². The molecule has 2 rings (SSSR count). The predicted octanol–water partition coefficient (Wildman–Crippen LogP) is 2.89. The van der Waals surface area contributed by atoms with E-state index in [-0.39, 0.29) is 0 Å². The third kappa shape index (κ3) is 2.70. The standard InChI is InChI=1S/C16H23N3O/c1-11(2)14(8-17)15-9-18-10-19(15)13-5-6-16(20-4)12(3)7-13/h5-7,9-11,14H,8,17H2,1-4H3. The molecule has 1 unspecified atom stereocenters. The summed E-state index contributed by atoms with van der Waals surface area (Å²) in [5.41, 5.74) is 9.29. The Morgan fingerprint density at radius 3 is 2.65 bits per heavy atom. The van der Waals surface area contributed by atoms with Gasteiger partial charge in [0.15, 0.2) is 0 Å². The van der Waals surface area contributed by atoms with E-state index in [1.54, 1.807) is 7.11 Å². The van der Waals surface area contributed by atoms with E-state index in [0.717, 1.165) is 22.7 Å². The fourth-order valence-corrected chi connectivity index (χ4v) is 2.54. The SMILES string of the molecule is COc1ccc(-n2cncc2C(CN)C(C)C)cc1C. The predicted molar refractivity (Wildman–Crippen MR) is 81.5 cm³/mol. The molecule has 2 N–H and O–H groups in total. The first-order valence-electron chi connectivity index (χ1n) is 6.95. The molecule has 0 radical (unpaired) electrons. The molecule has 0 spiro atoms. The van der Waals surface area contributed by atoms with Crippen molar-refractivity contribution in [3.05, 3.63) is 42.0 Å². The highest BCUT2D eigenvalue weighted by molar-refractivity contribution is 5.44. The van der Waals surface area contributed by atoms with Gasteiger partial charge in [0.25, 0.3) is 0 Å². The number of nitrogens with zero attached hydrogens (tertiary/aromatic N) is 2. The van der Waals surface area contributed by atoms with Gasteiger partial charge in [-0.3, -0.25) is 0 Å². The Kier molecular flexibility index (Phi) is 4.45. The van der Waals surface area contributed by atoms with Crippen LogP contribution in [0.1, 0.15) is 31.0 Å². The molecule has 1 aromatic carbocycles. The molecular formula is C16H23N3O. The number of benzene rings is 1. The summed E-state index contributed by atoms with van der Waals surface area (Å²) in [5.74, 6) is 1.68. The Balaban J connectivity index is 2.44. The normalized spacial score (nSPS) is 12.7. The van der Waals surface area contributed by atoms with Crippen LogP contribution in [0.3, 0.4) is 0 Å². The van der Waals surface area contributed by atoms with Crippen molar-refractivity contribution < 1.29 is 4.74 Å². The van der Waals surface area contributed by atoms with E-state index in [1.165, 1.54) is 0 Å². The minimum atomic E-state index is 0.305. The number of rotatable bonds is 5. The van der Waals surface area contributed by atoms with Crippen molar-refractivity contribution in [1.29, 1.82) is 0 Å². The van der Waals surface area contributed by atoms with Gasteiger partial charge < -0.3 is 15.0 Å². The van der Waals surface area contributed by atoms with Crippen molar-refractivity contribution >= 4 is 0 Å². The van der Waals surface area contributed by atoms with Crippen molar-refractivity contribution in [3.8, 4) is 11.4 Å². The molecule has 20 heavy (non-hydrogen) atoms. The lowest BCUT2D eigenvalue weighted by Crippen LogP contribution is -2.20. The maximum Gasteiger partial charge on any atom is 0.121 e. The minimum Gasteiger partial charge on any atom is -0.496 e. The lowest BCUT2D eigenvalue weighted by molar-refractivity contribution is 0.411. The topological polar surface area (TPSA) is 53.1 Å². The van der Waals surface area contributed by atoms with Gasteiger partial charge in [-0.1, -0.05) is 13.8 Å². The first-order valence-corrected chi connectivity index (χ1v) is 6.95. The molecule has 0 saturated heterocycles. The number of imidazole rings is 1. The van der Waals surface area contributed by atoms with Gasteiger partial charge in [0.2, 0.25) is 0 Å². The van der Waals surface area contributed by atoms with Crippen LogP contribution in [-0.2, 0) is 0 Å². The molecule has 1 atom stereocenters. The lowest BCUT2D eigenvalue weighted by Gasteiger charge is -2.21. The van der Waals surface area contributed by atoms with Crippen LogP contribution >= 0.6 is 0 Å². The van der Waals surface area contributed by atoms with E-state index >= 15 is 0 Å². The summed E-state index contributed by atoms with van der Waals surface area (Å²) in [6.45, 7) is 7.04. The number of hydrogen-bond donors (Lipinski definition) is 1. The van der Waals surface area contributed by atoms with Crippen molar-refractivity contribution in [2.45, 2.75) is 26.7 Å². The number of nitrogens with two attached hydrogens (primary N) is 1. The van der Waals surface area contributed by atoms with E-state index in [1.807, 2.05) is 31.6 Å². The average molecular weight is 273 g/mol. The number of ether oxygens (including phenoxy) is 1. The first-order chi connectivity index (χ1) is 9.58. The zero-order valence-electron chi connectivity index (χ0n) is 12.6. The molecule has 0 bridgehead atoms. The maximum atomic E-state index is 5.93. The largest absolute Gasteiger partial charge is 0.496 e. The number of aromatic nitrogens is 2. The summed E-state index contributed by atoms with van der Waals surface area (Å²) in [6.07, 6.45) is 3.76. The summed E-state index contributed by atoms with van der Waals surface area (Å²) in [7, 11) is 1.69. The quantitative estimate of drug-likeness (QED) is 0.911. The van der Waals surface area contributed by atoms with E-state index in [2.05, 4.69) is 29.5 Å². The van der Waals surface area contributed by atoms with Crippen LogP contribution < -0.4 is 10.5 Å². The number of hydrogen-bond acceptors (Lipinski definition) is 3. The molecule has 1 aromatic heterocycles. The zero-order valence-corrected chi connectivity index (χ0v) is 12.6. The summed E-state index contributed by atoms with van der Waals surface area (Å²) in [4.78, 5) is 4.30. The minimum absolute atomic E-state index is 0.305. The van der Waals surface area contributed by atoms with Crippen LogP contribution in [-0.4, -0.2) is 23.2 Å². The summed E-state index contributed by atoms with van der Waals surface area (Å²) in [6, 6.07) is 6.14. The van der Waals surface area contributed by atoms with Crippen LogP contribution in [0.2, 0.25) is 0 Å². The summed E-state index contributed by atoms with van der Waals surface area (Å²) >= 11 is 0. The van der Waals surface area contributed by atoms with Gasteiger partial charge in [0.05, 0.1) is 13.4 Å². The molecule has 0 aliphatic rings. The van der Waals surface area contributed by atoms with E-state index in [4.69, 9.17) is 10.5 Å². The molecule has 2 aromatic rings. The highest BCUT2D eigenvalue weighted by Crippen LogP contribution is 2.27. The number of aryl methyl sites for hydroxylation is 1. The third-order valence-electron chi connectivity index (χ3n) is 3.76. The van der Waals surface area contributed by atoms with E-state index in [9.17, 15) is 0 Å². The number of methoxy groups -OCH3 is 1. The first kappa shape index (κ1) is 14.6. The molecule has 108 valence electrons. The van der Waals surface area contributed by atoms with Crippen LogP contribution in [0.25, 0.3) is 5.69 Å². The van der Waals surface area contributed by atoms with Crippen molar-refractivity contribution in [2.24, 2.45) is 11.7 Å². The van der Waals surface area contributed by atoms with Gasteiger partial charge in [0, 0.05) is 30.0 Å². The summed E-state index contributed by atoms with van der Waals surface area (Å²) < 4.78 is 7.42. The maximum absolute atomic E-state index is 5.93. The molecule has 0 fully saturated rings. The molecule has 1 heterocycles. The Morgan fingerprint density at radius 2 is 2.10 bits per heavy atom. The van der Waals surface area contributed by atoms with E-state index in [0.29, 0.717) is 18.4 Å². The molecular weight excluding hydrogens is 250 g/mol. The Morgan fingerprint density at radius 1 is 1.35 bits per heavy atom. The molecule has 4 nitrogen and oxygen atoms in total. The highest BCUT2D eigenvalue weighted by Gasteiger charge is 2.19. The van der Waals surface area contributed by atoms with Crippen molar-refractivity contribution in [1.82, 2.24) is 9.55 Å². The van der Waals surface area contributed by atoms with E-state index < -0.39 is 0 Å². The summed E-state index contributed by atoms with van der Waals surface area (Å²) in [5, 5.41) is 0. The second-order valence-corrected chi connectivity index (χ2v) is 5.43. The Labute approximate surface area is 120 Å². The highest BCUT2D eigenvalue weighted by atomic mass is 16.5. The third-order valence-corrected chi connectivity index (χ3v) is 3.76. The monoisotopic (exact) mass is 273 g/mol. The average Bonchev–Trinajstić information content (AvgIpc) is 2.88.